The number of anilines is 1. The van der Waals surface area contributed by atoms with Crippen LogP contribution in [0.15, 0.2) is 24.3 Å². The summed E-state index contributed by atoms with van der Waals surface area (Å²) < 4.78 is 5.65. The highest BCUT2D eigenvalue weighted by Crippen LogP contribution is 2.36. The number of hydrogen-bond donors (Lipinski definition) is 1. The zero-order valence-electron chi connectivity index (χ0n) is 12.6. The number of nitrogens with zero attached hydrogens (tertiary/aromatic N) is 1. The molecule has 0 bridgehead atoms. The summed E-state index contributed by atoms with van der Waals surface area (Å²) in [5.74, 6) is 1.90. The van der Waals surface area contributed by atoms with Gasteiger partial charge in [0.15, 0.2) is 0 Å². The van der Waals surface area contributed by atoms with Crippen molar-refractivity contribution in [3.8, 4) is 5.75 Å². The summed E-state index contributed by atoms with van der Waals surface area (Å²) in [5.41, 5.74) is 1.31. The molecule has 3 heteroatoms. The van der Waals surface area contributed by atoms with Crippen LogP contribution in [0.5, 0.6) is 5.75 Å². The van der Waals surface area contributed by atoms with Crippen molar-refractivity contribution < 1.29 is 4.74 Å². The second kappa shape index (κ2) is 6.04. The number of rotatable bonds is 5. The van der Waals surface area contributed by atoms with Gasteiger partial charge in [-0.1, -0.05) is 13.0 Å². The Kier molecular flexibility index (Phi) is 4.16. The van der Waals surface area contributed by atoms with Crippen molar-refractivity contribution in [2.45, 2.75) is 45.2 Å². The minimum Gasteiger partial charge on any atom is -0.494 e. The topological polar surface area (TPSA) is 24.5 Å². The maximum absolute atomic E-state index is 5.65. The summed E-state index contributed by atoms with van der Waals surface area (Å²) in [4.78, 5) is 2.59. The number of hydrogen-bond acceptors (Lipinski definition) is 3. The molecule has 1 aliphatic carbocycles. The molecule has 2 aliphatic rings. The predicted molar refractivity (Wildman–Crippen MR) is 83.6 cm³/mol. The quantitative estimate of drug-likeness (QED) is 0.893. The van der Waals surface area contributed by atoms with Crippen LogP contribution in [0.3, 0.4) is 0 Å². The lowest BCUT2D eigenvalue weighted by atomic mass is 10.0. The molecule has 0 amide bonds. The van der Waals surface area contributed by atoms with Gasteiger partial charge < -0.3 is 15.0 Å². The average molecular weight is 274 g/mol. The van der Waals surface area contributed by atoms with Crippen molar-refractivity contribution in [3.63, 3.8) is 0 Å². The van der Waals surface area contributed by atoms with Gasteiger partial charge in [-0.15, -0.1) is 0 Å². The Hall–Kier alpha value is -1.22. The smallest absolute Gasteiger partial charge is 0.121 e. The van der Waals surface area contributed by atoms with Crippen LogP contribution >= 0.6 is 0 Å². The van der Waals surface area contributed by atoms with Crippen molar-refractivity contribution in [1.29, 1.82) is 0 Å². The highest BCUT2D eigenvalue weighted by Gasteiger charge is 2.36. The van der Waals surface area contributed by atoms with E-state index in [1.165, 1.54) is 24.9 Å². The average Bonchev–Trinajstić information content (AvgIpc) is 3.32. The SMILES string of the molecule is CCOc1cccc(N2CC(C3CC3)NCC2CC)c1. The molecule has 20 heavy (non-hydrogen) atoms. The van der Waals surface area contributed by atoms with E-state index < -0.39 is 0 Å². The molecular formula is C17H26N2O. The Bertz CT molecular complexity index is 444. The van der Waals surface area contributed by atoms with Crippen LogP contribution in [0.1, 0.15) is 33.1 Å². The van der Waals surface area contributed by atoms with E-state index in [1.807, 2.05) is 6.92 Å². The second-order valence-corrected chi connectivity index (χ2v) is 6.00. The highest BCUT2D eigenvalue weighted by molar-refractivity contribution is 5.52. The maximum atomic E-state index is 5.65. The van der Waals surface area contributed by atoms with E-state index in [9.17, 15) is 0 Å². The van der Waals surface area contributed by atoms with E-state index in [2.05, 4.69) is 41.4 Å². The van der Waals surface area contributed by atoms with Gasteiger partial charge in [-0.05, 0) is 44.2 Å². The first-order valence-electron chi connectivity index (χ1n) is 8.04. The summed E-state index contributed by atoms with van der Waals surface area (Å²) in [6, 6.07) is 9.85. The van der Waals surface area contributed by atoms with Gasteiger partial charge >= 0.3 is 0 Å². The van der Waals surface area contributed by atoms with Crippen LogP contribution in [0.4, 0.5) is 5.69 Å². The standard InChI is InChI=1S/C17H26N2O/c1-3-14-11-18-17(13-8-9-13)12-19(14)15-6-5-7-16(10-15)20-4-2/h5-7,10,13-14,17-18H,3-4,8-9,11-12H2,1-2H3. The molecule has 3 rings (SSSR count). The largest absolute Gasteiger partial charge is 0.494 e. The van der Waals surface area contributed by atoms with Gasteiger partial charge in [0.1, 0.15) is 5.75 Å². The fourth-order valence-corrected chi connectivity index (χ4v) is 3.24. The van der Waals surface area contributed by atoms with Crippen molar-refractivity contribution in [3.05, 3.63) is 24.3 Å². The lowest BCUT2D eigenvalue weighted by Crippen LogP contribution is -2.57. The van der Waals surface area contributed by atoms with Crippen molar-refractivity contribution in [1.82, 2.24) is 5.32 Å². The third kappa shape index (κ3) is 2.93. The first kappa shape index (κ1) is 13.7. The Morgan fingerprint density at radius 3 is 2.85 bits per heavy atom. The zero-order valence-corrected chi connectivity index (χ0v) is 12.6. The summed E-state index contributed by atoms with van der Waals surface area (Å²) in [6.45, 7) is 7.29. The first-order valence-corrected chi connectivity index (χ1v) is 8.04. The van der Waals surface area contributed by atoms with Crippen LogP contribution in [0, 0.1) is 5.92 Å². The number of ether oxygens (including phenoxy) is 1. The van der Waals surface area contributed by atoms with Gasteiger partial charge in [-0.3, -0.25) is 0 Å². The molecule has 110 valence electrons. The minimum atomic E-state index is 0.599. The molecule has 1 N–H and O–H groups in total. The van der Waals surface area contributed by atoms with Crippen LogP contribution in [-0.4, -0.2) is 31.8 Å². The Labute approximate surface area is 122 Å². The van der Waals surface area contributed by atoms with E-state index >= 15 is 0 Å². The molecule has 0 spiro atoms. The first-order chi connectivity index (χ1) is 9.81. The van der Waals surface area contributed by atoms with Gasteiger partial charge in [-0.25, -0.2) is 0 Å². The van der Waals surface area contributed by atoms with Gasteiger partial charge in [0.25, 0.3) is 0 Å². The van der Waals surface area contributed by atoms with Crippen LogP contribution in [0.2, 0.25) is 0 Å². The third-order valence-electron chi connectivity index (χ3n) is 4.57. The molecule has 1 aliphatic heterocycles. The normalized spacial score (nSPS) is 26.6. The monoisotopic (exact) mass is 274 g/mol. The molecule has 0 aromatic heterocycles. The Balaban J connectivity index is 1.78. The summed E-state index contributed by atoms with van der Waals surface area (Å²) in [6.07, 6.45) is 3.99. The van der Waals surface area contributed by atoms with Gasteiger partial charge in [0.05, 0.1) is 6.61 Å². The van der Waals surface area contributed by atoms with Crippen molar-refractivity contribution in [2.24, 2.45) is 5.92 Å². The van der Waals surface area contributed by atoms with Gasteiger partial charge in [0, 0.05) is 36.9 Å². The van der Waals surface area contributed by atoms with E-state index in [0.717, 1.165) is 31.4 Å². The molecule has 1 aromatic carbocycles. The lowest BCUT2D eigenvalue weighted by Gasteiger charge is -2.42. The summed E-state index contributed by atoms with van der Waals surface area (Å²) >= 11 is 0. The molecule has 2 atom stereocenters. The predicted octanol–water partition coefficient (Wildman–Crippen LogP) is 3.05. The number of benzene rings is 1. The molecule has 1 saturated carbocycles. The van der Waals surface area contributed by atoms with Crippen LogP contribution < -0.4 is 15.0 Å². The Morgan fingerprint density at radius 2 is 2.15 bits per heavy atom. The number of piperazine rings is 1. The molecule has 2 unspecified atom stereocenters. The fraction of sp³-hybridized carbons (Fsp3) is 0.647. The van der Waals surface area contributed by atoms with Crippen LogP contribution in [-0.2, 0) is 0 Å². The molecule has 1 saturated heterocycles. The van der Waals surface area contributed by atoms with Crippen molar-refractivity contribution >= 4 is 5.69 Å². The van der Waals surface area contributed by atoms with E-state index in [1.54, 1.807) is 0 Å². The van der Waals surface area contributed by atoms with E-state index in [4.69, 9.17) is 4.74 Å². The van der Waals surface area contributed by atoms with E-state index in [0.29, 0.717) is 12.1 Å². The number of nitrogens with one attached hydrogen (secondary N) is 1. The molecule has 1 heterocycles. The summed E-state index contributed by atoms with van der Waals surface area (Å²) in [7, 11) is 0. The molecule has 3 nitrogen and oxygen atoms in total. The van der Waals surface area contributed by atoms with Gasteiger partial charge in [0.2, 0.25) is 0 Å². The van der Waals surface area contributed by atoms with E-state index in [-0.39, 0.29) is 0 Å². The summed E-state index contributed by atoms with van der Waals surface area (Å²) in [5, 5.41) is 3.75. The van der Waals surface area contributed by atoms with Gasteiger partial charge in [-0.2, -0.15) is 0 Å². The molecule has 0 radical (unpaired) electrons. The van der Waals surface area contributed by atoms with Crippen LogP contribution in [0.25, 0.3) is 0 Å². The molecule has 2 fully saturated rings. The zero-order chi connectivity index (χ0) is 13.9. The minimum absolute atomic E-state index is 0.599. The maximum Gasteiger partial charge on any atom is 0.121 e. The third-order valence-corrected chi connectivity index (χ3v) is 4.57. The Morgan fingerprint density at radius 1 is 1.30 bits per heavy atom. The lowest BCUT2D eigenvalue weighted by molar-refractivity contribution is 0.338. The molecular weight excluding hydrogens is 248 g/mol. The van der Waals surface area contributed by atoms with Crippen molar-refractivity contribution in [2.75, 3.05) is 24.6 Å². The molecule has 1 aromatic rings. The second-order valence-electron chi connectivity index (χ2n) is 6.00. The fourth-order valence-electron chi connectivity index (χ4n) is 3.24. The highest BCUT2D eigenvalue weighted by atomic mass is 16.5.